The second-order valence-electron chi connectivity index (χ2n) is 4.77. The second kappa shape index (κ2) is 6.15. The second-order valence-corrected chi connectivity index (χ2v) is 6.41. The lowest BCUT2D eigenvalue weighted by Crippen LogP contribution is -2.32. The molecule has 0 radical (unpaired) electrons. The Labute approximate surface area is 108 Å². The summed E-state index contributed by atoms with van der Waals surface area (Å²) in [5, 5.41) is -0.221. The molecule has 0 aliphatic carbocycles. The molecule has 1 aromatic rings. The molecule has 0 saturated carbocycles. The fourth-order valence-corrected chi connectivity index (χ4v) is 2.72. The maximum absolute atomic E-state index is 11.9. The molecule has 1 atom stereocenters. The average molecular weight is 273 g/mol. The van der Waals surface area contributed by atoms with Gasteiger partial charge in [0.15, 0.2) is 12.0 Å². The fraction of sp³-hybridized carbons (Fsp3) is 0.583. The van der Waals surface area contributed by atoms with Crippen LogP contribution in [0.1, 0.15) is 44.2 Å². The topological polar surface area (TPSA) is 76.4 Å². The van der Waals surface area contributed by atoms with Gasteiger partial charge in [-0.05, 0) is 37.8 Å². The molecule has 1 aromatic heterocycles. The van der Waals surface area contributed by atoms with Crippen LogP contribution in [0.25, 0.3) is 0 Å². The van der Waals surface area contributed by atoms with Gasteiger partial charge in [-0.1, -0.05) is 13.8 Å². The molecule has 0 saturated heterocycles. The van der Waals surface area contributed by atoms with Gasteiger partial charge in [0.2, 0.25) is 5.09 Å². The Morgan fingerprint density at radius 1 is 1.28 bits per heavy atom. The quantitative estimate of drug-likeness (QED) is 0.773. The van der Waals surface area contributed by atoms with Crippen molar-refractivity contribution in [1.29, 1.82) is 0 Å². The molecule has 1 unspecified atom stereocenters. The number of aldehydes is 1. The Hall–Kier alpha value is -1.14. The average Bonchev–Trinajstić information content (AvgIpc) is 2.75. The highest BCUT2D eigenvalue weighted by atomic mass is 32.2. The van der Waals surface area contributed by atoms with Crippen molar-refractivity contribution in [3.8, 4) is 0 Å². The zero-order valence-electron chi connectivity index (χ0n) is 10.8. The lowest BCUT2D eigenvalue weighted by Gasteiger charge is -2.14. The van der Waals surface area contributed by atoms with Crippen LogP contribution in [0.4, 0.5) is 0 Å². The summed E-state index contributed by atoms with van der Waals surface area (Å²) in [6.07, 6.45) is 2.18. The normalized spacial score (nSPS) is 13.8. The molecular formula is C12H19NO4S. The van der Waals surface area contributed by atoms with Crippen LogP contribution < -0.4 is 4.72 Å². The fourth-order valence-electron chi connectivity index (χ4n) is 1.51. The van der Waals surface area contributed by atoms with E-state index in [4.69, 9.17) is 4.42 Å². The van der Waals surface area contributed by atoms with Gasteiger partial charge in [-0.2, -0.15) is 0 Å². The van der Waals surface area contributed by atoms with E-state index in [2.05, 4.69) is 18.6 Å². The molecular weight excluding hydrogens is 254 g/mol. The molecule has 1 heterocycles. The van der Waals surface area contributed by atoms with Crippen LogP contribution in [-0.2, 0) is 10.0 Å². The van der Waals surface area contributed by atoms with Crippen LogP contribution in [0.15, 0.2) is 21.6 Å². The monoisotopic (exact) mass is 273 g/mol. The smallest absolute Gasteiger partial charge is 0.274 e. The SMILES string of the molecule is CC(C)CCC(C)NS(=O)(=O)c1ccc(C=O)o1. The Balaban J connectivity index is 2.66. The highest BCUT2D eigenvalue weighted by Gasteiger charge is 2.21. The Kier molecular flexibility index (Phi) is 5.10. The van der Waals surface area contributed by atoms with Crippen molar-refractivity contribution in [2.45, 2.75) is 44.7 Å². The summed E-state index contributed by atoms with van der Waals surface area (Å²) in [5.41, 5.74) is 0. The first kappa shape index (κ1) is 14.9. The van der Waals surface area contributed by atoms with Crippen molar-refractivity contribution in [3.05, 3.63) is 17.9 Å². The van der Waals surface area contributed by atoms with Crippen LogP contribution in [-0.4, -0.2) is 20.7 Å². The summed E-state index contributed by atoms with van der Waals surface area (Å²) in [4.78, 5) is 10.4. The van der Waals surface area contributed by atoms with Gasteiger partial charge < -0.3 is 4.42 Å². The molecule has 1 N–H and O–H groups in total. The predicted molar refractivity (Wildman–Crippen MR) is 68.0 cm³/mol. The third-order valence-corrected chi connectivity index (χ3v) is 3.98. The number of carbonyl (C=O) groups excluding carboxylic acids is 1. The Morgan fingerprint density at radius 3 is 2.44 bits per heavy atom. The van der Waals surface area contributed by atoms with Crippen LogP contribution in [0.2, 0.25) is 0 Å². The number of hydrogen-bond acceptors (Lipinski definition) is 4. The van der Waals surface area contributed by atoms with Crippen molar-refractivity contribution in [2.75, 3.05) is 0 Å². The first-order chi connectivity index (χ1) is 8.35. The number of furan rings is 1. The summed E-state index contributed by atoms with van der Waals surface area (Å²) < 4.78 is 31.2. The van der Waals surface area contributed by atoms with Crippen LogP contribution in [0, 0.1) is 5.92 Å². The summed E-state index contributed by atoms with van der Waals surface area (Å²) in [6, 6.07) is 2.45. The summed E-state index contributed by atoms with van der Waals surface area (Å²) in [7, 11) is -3.67. The number of carbonyl (C=O) groups is 1. The molecule has 0 aliphatic rings. The molecule has 1 rings (SSSR count). The number of rotatable bonds is 7. The lowest BCUT2D eigenvalue weighted by molar-refractivity contribution is 0.109. The minimum Gasteiger partial charge on any atom is -0.440 e. The minimum atomic E-state index is -3.67. The maximum Gasteiger partial charge on any atom is 0.274 e. The van der Waals surface area contributed by atoms with Gasteiger partial charge >= 0.3 is 0 Å². The van der Waals surface area contributed by atoms with Crippen LogP contribution in [0.3, 0.4) is 0 Å². The minimum absolute atomic E-state index is 0.00482. The van der Waals surface area contributed by atoms with E-state index in [0.29, 0.717) is 12.2 Å². The predicted octanol–water partition coefficient (Wildman–Crippen LogP) is 2.20. The van der Waals surface area contributed by atoms with E-state index in [9.17, 15) is 13.2 Å². The van der Waals surface area contributed by atoms with E-state index < -0.39 is 10.0 Å². The molecule has 0 bridgehead atoms. The summed E-state index contributed by atoms with van der Waals surface area (Å²) in [6.45, 7) is 5.98. The van der Waals surface area contributed by atoms with Crippen molar-refractivity contribution >= 4 is 16.3 Å². The van der Waals surface area contributed by atoms with Gasteiger partial charge in [0, 0.05) is 6.04 Å². The van der Waals surface area contributed by atoms with Gasteiger partial charge in [-0.3, -0.25) is 4.79 Å². The van der Waals surface area contributed by atoms with Crippen molar-refractivity contribution < 1.29 is 17.6 Å². The zero-order valence-corrected chi connectivity index (χ0v) is 11.7. The van der Waals surface area contributed by atoms with Crippen molar-refractivity contribution in [2.24, 2.45) is 5.92 Å². The molecule has 0 amide bonds. The van der Waals surface area contributed by atoms with E-state index in [0.717, 1.165) is 12.8 Å². The van der Waals surface area contributed by atoms with E-state index in [1.54, 1.807) is 0 Å². The van der Waals surface area contributed by atoms with E-state index in [1.807, 2.05) is 6.92 Å². The van der Waals surface area contributed by atoms with Crippen molar-refractivity contribution in [3.63, 3.8) is 0 Å². The first-order valence-corrected chi connectivity index (χ1v) is 7.41. The standard InChI is InChI=1S/C12H19NO4S/c1-9(2)4-5-10(3)13-18(15,16)12-7-6-11(8-14)17-12/h6-10,13H,4-5H2,1-3H3. The Bertz CT molecular complexity index is 490. The summed E-state index contributed by atoms with van der Waals surface area (Å²) in [5.74, 6) is 0.535. The third kappa shape index (κ3) is 4.27. The van der Waals surface area contributed by atoms with Gasteiger partial charge in [0.25, 0.3) is 10.0 Å². The third-order valence-electron chi connectivity index (χ3n) is 2.52. The number of hydrogen-bond donors (Lipinski definition) is 1. The maximum atomic E-state index is 11.9. The van der Waals surface area contributed by atoms with E-state index in [-0.39, 0.29) is 16.9 Å². The molecule has 0 aromatic carbocycles. The van der Waals surface area contributed by atoms with Crippen LogP contribution >= 0.6 is 0 Å². The molecule has 0 aliphatic heterocycles. The Morgan fingerprint density at radius 2 is 1.94 bits per heavy atom. The summed E-state index contributed by atoms with van der Waals surface area (Å²) >= 11 is 0. The highest BCUT2D eigenvalue weighted by molar-refractivity contribution is 7.89. The van der Waals surface area contributed by atoms with Gasteiger partial charge in [0.05, 0.1) is 0 Å². The molecule has 102 valence electrons. The van der Waals surface area contributed by atoms with Crippen molar-refractivity contribution in [1.82, 2.24) is 4.72 Å². The number of sulfonamides is 1. The van der Waals surface area contributed by atoms with Gasteiger partial charge in [-0.25, -0.2) is 13.1 Å². The molecule has 6 heteroatoms. The van der Waals surface area contributed by atoms with E-state index in [1.165, 1.54) is 12.1 Å². The molecule has 5 nitrogen and oxygen atoms in total. The lowest BCUT2D eigenvalue weighted by atomic mass is 10.1. The first-order valence-electron chi connectivity index (χ1n) is 5.92. The largest absolute Gasteiger partial charge is 0.440 e. The van der Waals surface area contributed by atoms with E-state index >= 15 is 0 Å². The van der Waals surface area contributed by atoms with Gasteiger partial charge in [-0.15, -0.1) is 0 Å². The zero-order chi connectivity index (χ0) is 13.8. The number of nitrogens with one attached hydrogen (secondary N) is 1. The highest BCUT2D eigenvalue weighted by Crippen LogP contribution is 2.14. The molecule has 0 fully saturated rings. The molecule has 0 spiro atoms. The molecule has 18 heavy (non-hydrogen) atoms. The van der Waals surface area contributed by atoms with Gasteiger partial charge in [0.1, 0.15) is 0 Å². The van der Waals surface area contributed by atoms with Crippen LogP contribution in [0.5, 0.6) is 0 Å².